The highest BCUT2D eigenvalue weighted by Gasteiger charge is 2.43. The van der Waals surface area contributed by atoms with Crippen LogP contribution in [0.3, 0.4) is 0 Å². The molecule has 0 bridgehead atoms. The minimum absolute atomic E-state index is 0.0820. The van der Waals surface area contributed by atoms with Crippen molar-refractivity contribution < 1.29 is 9.63 Å². The number of hydrogen-bond donors (Lipinski definition) is 2. The van der Waals surface area contributed by atoms with Crippen LogP contribution in [0.1, 0.15) is 51.4 Å². The first kappa shape index (κ1) is 17.1. The average molecular weight is 356 g/mol. The van der Waals surface area contributed by atoms with E-state index in [-0.39, 0.29) is 23.4 Å². The quantitative estimate of drug-likeness (QED) is 0.761. The van der Waals surface area contributed by atoms with Crippen LogP contribution in [0.5, 0.6) is 0 Å². The SMILES string of the molecule is O=C(C1CC(C2CCC(Cl)CN2)ON1)N1CC(C2CCCCC2)C1. The van der Waals surface area contributed by atoms with E-state index >= 15 is 0 Å². The number of rotatable bonds is 3. The summed E-state index contributed by atoms with van der Waals surface area (Å²) in [6, 6.07) is 0.148. The summed E-state index contributed by atoms with van der Waals surface area (Å²) < 4.78 is 0. The Kier molecular flexibility index (Phi) is 5.32. The van der Waals surface area contributed by atoms with Gasteiger partial charge in [0.2, 0.25) is 5.91 Å². The van der Waals surface area contributed by atoms with Crippen molar-refractivity contribution in [3.8, 4) is 0 Å². The monoisotopic (exact) mass is 355 g/mol. The van der Waals surface area contributed by atoms with Gasteiger partial charge in [-0.3, -0.25) is 9.63 Å². The fraction of sp³-hybridized carbons (Fsp3) is 0.944. The lowest BCUT2D eigenvalue weighted by atomic mass is 9.76. The normalized spacial score (nSPS) is 39.0. The van der Waals surface area contributed by atoms with Crippen LogP contribution >= 0.6 is 11.6 Å². The van der Waals surface area contributed by atoms with Gasteiger partial charge in [0.25, 0.3) is 0 Å². The molecule has 3 saturated heterocycles. The second kappa shape index (κ2) is 7.48. The number of piperidine rings is 1. The van der Waals surface area contributed by atoms with Gasteiger partial charge < -0.3 is 10.2 Å². The summed E-state index contributed by atoms with van der Waals surface area (Å²) in [5, 5.41) is 3.68. The maximum atomic E-state index is 12.7. The van der Waals surface area contributed by atoms with Gasteiger partial charge in [-0.2, -0.15) is 5.48 Å². The summed E-state index contributed by atoms with van der Waals surface area (Å²) in [6.45, 7) is 2.75. The van der Waals surface area contributed by atoms with Crippen LogP contribution in [-0.4, -0.2) is 54.0 Å². The molecule has 1 amide bonds. The number of amides is 1. The zero-order chi connectivity index (χ0) is 16.5. The fourth-order valence-electron chi connectivity index (χ4n) is 4.87. The van der Waals surface area contributed by atoms with Crippen molar-refractivity contribution in [3.63, 3.8) is 0 Å². The van der Waals surface area contributed by atoms with Crippen molar-refractivity contribution in [3.05, 3.63) is 0 Å². The highest BCUT2D eigenvalue weighted by Crippen LogP contribution is 2.35. The second-order valence-electron chi connectivity index (χ2n) is 8.15. The molecule has 136 valence electrons. The van der Waals surface area contributed by atoms with E-state index in [1.165, 1.54) is 32.1 Å². The lowest BCUT2D eigenvalue weighted by Crippen LogP contribution is -2.57. The molecule has 1 saturated carbocycles. The number of likely N-dealkylation sites (tertiary alicyclic amines) is 1. The summed E-state index contributed by atoms with van der Waals surface area (Å²) in [7, 11) is 0. The molecule has 0 aromatic heterocycles. The Morgan fingerprint density at radius 1 is 1.04 bits per heavy atom. The van der Waals surface area contributed by atoms with Gasteiger partial charge in [-0.15, -0.1) is 11.6 Å². The molecule has 3 aliphatic heterocycles. The standard InChI is InChI=1S/C18H30ClN3O2/c19-14-6-7-15(20-9-14)17-8-16(21-24-17)18(23)22-10-13(11-22)12-4-2-1-3-5-12/h12-17,20-21H,1-11H2. The van der Waals surface area contributed by atoms with Crippen molar-refractivity contribution >= 4 is 17.5 Å². The number of nitrogens with one attached hydrogen (secondary N) is 2. The van der Waals surface area contributed by atoms with E-state index in [1.54, 1.807) is 0 Å². The summed E-state index contributed by atoms with van der Waals surface area (Å²) in [4.78, 5) is 20.4. The second-order valence-corrected chi connectivity index (χ2v) is 8.77. The molecule has 0 spiro atoms. The van der Waals surface area contributed by atoms with Crippen molar-refractivity contribution in [2.45, 2.75) is 74.9 Å². The molecule has 0 aromatic rings. The lowest BCUT2D eigenvalue weighted by Gasteiger charge is -2.45. The van der Waals surface area contributed by atoms with Crippen LogP contribution in [0.25, 0.3) is 0 Å². The number of halogens is 1. The van der Waals surface area contributed by atoms with Crippen LogP contribution in [-0.2, 0) is 9.63 Å². The molecule has 24 heavy (non-hydrogen) atoms. The fourth-order valence-corrected chi connectivity index (χ4v) is 5.09. The van der Waals surface area contributed by atoms with E-state index in [9.17, 15) is 4.79 Å². The minimum atomic E-state index is -0.169. The molecule has 4 unspecified atom stereocenters. The van der Waals surface area contributed by atoms with E-state index in [2.05, 4.69) is 10.8 Å². The van der Waals surface area contributed by atoms with Gasteiger partial charge >= 0.3 is 0 Å². The molecule has 0 radical (unpaired) electrons. The number of hydroxylamine groups is 1. The molecular weight excluding hydrogens is 326 g/mol. The third-order valence-corrected chi connectivity index (χ3v) is 6.88. The number of carbonyl (C=O) groups excluding carboxylic acids is 1. The van der Waals surface area contributed by atoms with Crippen LogP contribution in [0.15, 0.2) is 0 Å². The number of alkyl halides is 1. The summed E-state index contributed by atoms with van der Waals surface area (Å²) in [5.74, 6) is 1.84. The van der Waals surface area contributed by atoms with Crippen molar-refractivity contribution in [2.75, 3.05) is 19.6 Å². The van der Waals surface area contributed by atoms with E-state index in [0.29, 0.717) is 6.04 Å². The van der Waals surface area contributed by atoms with Gasteiger partial charge in [0.05, 0.1) is 6.10 Å². The van der Waals surface area contributed by atoms with Crippen molar-refractivity contribution in [1.29, 1.82) is 0 Å². The number of nitrogens with zero attached hydrogens (tertiary/aromatic N) is 1. The Morgan fingerprint density at radius 2 is 1.83 bits per heavy atom. The predicted molar refractivity (Wildman–Crippen MR) is 93.7 cm³/mol. The molecule has 4 aliphatic rings. The average Bonchev–Trinajstić information content (AvgIpc) is 3.05. The van der Waals surface area contributed by atoms with E-state index in [0.717, 1.165) is 50.7 Å². The summed E-state index contributed by atoms with van der Waals surface area (Å²) >= 11 is 6.13. The molecule has 4 fully saturated rings. The molecule has 5 nitrogen and oxygen atoms in total. The first-order chi connectivity index (χ1) is 11.7. The maximum absolute atomic E-state index is 12.7. The number of carbonyl (C=O) groups is 1. The smallest absolute Gasteiger partial charge is 0.242 e. The summed E-state index contributed by atoms with van der Waals surface area (Å²) in [5.41, 5.74) is 2.99. The zero-order valence-corrected chi connectivity index (χ0v) is 15.1. The highest BCUT2D eigenvalue weighted by atomic mass is 35.5. The number of hydrogen-bond acceptors (Lipinski definition) is 4. The third-order valence-electron chi connectivity index (χ3n) is 6.51. The van der Waals surface area contributed by atoms with E-state index < -0.39 is 0 Å². The van der Waals surface area contributed by atoms with Crippen LogP contribution < -0.4 is 10.8 Å². The van der Waals surface area contributed by atoms with Crippen molar-refractivity contribution in [1.82, 2.24) is 15.7 Å². The largest absolute Gasteiger partial charge is 0.341 e. The molecule has 6 heteroatoms. The van der Waals surface area contributed by atoms with Crippen molar-refractivity contribution in [2.24, 2.45) is 11.8 Å². The summed E-state index contributed by atoms with van der Waals surface area (Å²) in [6.07, 6.45) is 9.80. The molecule has 1 aliphatic carbocycles. The Labute approximate surface area is 149 Å². The van der Waals surface area contributed by atoms with Gasteiger partial charge in [-0.05, 0) is 24.7 Å². The van der Waals surface area contributed by atoms with E-state index in [1.807, 2.05) is 4.90 Å². The van der Waals surface area contributed by atoms with Gasteiger partial charge in [0.15, 0.2) is 0 Å². The van der Waals surface area contributed by atoms with E-state index in [4.69, 9.17) is 16.4 Å². The van der Waals surface area contributed by atoms with Crippen LogP contribution in [0.4, 0.5) is 0 Å². The predicted octanol–water partition coefficient (Wildman–Crippen LogP) is 2.05. The first-order valence-corrected chi connectivity index (χ1v) is 10.2. The Bertz CT molecular complexity index is 444. The highest BCUT2D eigenvalue weighted by molar-refractivity contribution is 6.20. The first-order valence-electron chi connectivity index (χ1n) is 9.78. The lowest BCUT2D eigenvalue weighted by molar-refractivity contribution is -0.142. The minimum Gasteiger partial charge on any atom is -0.341 e. The Morgan fingerprint density at radius 3 is 2.54 bits per heavy atom. The molecule has 3 heterocycles. The zero-order valence-electron chi connectivity index (χ0n) is 14.4. The van der Waals surface area contributed by atoms with Gasteiger partial charge in [-0.25, -0.2) is 0 Å². The molecule has 4 atom stereocenters. The maximum Gasteiger partial charge on any atom is 0.242 e. The Balaban J connectivity index is 1.22. The van der Waals surface area contributed by atoms with Gasteiger partial charge in [0.1, 0.15) is 6.04 Å². The van der Waals surface area contributed by atoms with Crippen LogP contribution in [0, 0.1) is 11.8 Å². The van der Waals surface area contributed by atoms with Crippen LogP contribution in [0.2, 0.25) is 0 Å². The molecule has 0 aromatic carbocycles. The molecule has 2 N–H and O–H groups in total. The third kappa shape index (κ3) is 3.59. The Hall–Kier alpha value is -0.360. The van der Waals surface area contributed by atoms with Gasteiger partial charge in [-0.1, -0.05) is 32.1 Å². The molecular formula is C18H30ClN3O2. The topological polar surface area (TPSA) is 53.6 Å². The van der Waals surface area contributed by atoms with Gasteiger partial charge in [0, 0.05) is 37.5 Å². The molecule has 4 rings (SSSR count).